The normalized spacial score (nSPS) is 11.0. The Morgan fingerprint density at radius 1 is 0.931 bits per heavy atom. The van der Waals surface area contributed by atoms with Crippen molar-refractivity contribution in [2.45, 2.75) is 20.0 Å². The molecule has 0 aliphatic heterocycles. The van der Waals surface area contributed by atoms with Crippen molar-refractivity contribution in [3.63, 3.8) is 0 Å². The Morgan fingerprint density at radius 2 is 1.79 bits per heavy atom. The van der Waals surface area contributed by atoms with Crippen LogP contribution in [-0.4, -0.2) is 19.2 Å². The first-order valence-electron chi connectivity index (χ1n) is 9.54. The van der Waals surface area contributed by atoms with Crippen LogP contribution >= 0.6 is 11.3 Å². The van der Waals surface area contributed by atoms with Crippen LogP contribution in [-0.2, 0) is 13.1 Å². The highest BCUT2D eigenvalue weighted by molar-refractivity contribution is 7.13. The number of para-hydroxylation sites is 1. The highest BCUT2D eigenvalue weighted by Crippen LogP contribution is 2.31. The molecule has 4 rings (SSSR count). The minimum absolute atomic E-state index is 0.732. The number of hydrogen-bond donors (Lipinski definition) is 1. The van der Waals surface area contributed by atoms with E-state index < -0.39 is 0 Å². The fourth-order valence-corrected chi connectivity index (χ4v) is 4.23. The van der Waals surface area contributed by atoms with Crippen LogP contribution < -0.4 is 14.8 Å². The van der Waals surface area contributed by atoms with Crippen molar-refractivity contribution in [3.05, 3.63) is 76.7 Å². The third kappa shape index (κ3) is 4.11. The molecule has 1 N–H and O–H groups in total. The third-order valence-corrected chi connectivity index (χ3v) is 5.85. The van der Waals surface area contributed by atoms with Crippen molar-refractivity contribution in [3.8, 4) is 22.1 Å². The van der Waals surface area contributed by atoms with E-state index in [0.29, 0.717) is 0 Å². The van der Waals surface area contributed by atoms with E-state index >= 15 is 0 Å². The van der Waals surface area contributed by atoms with Gasteiger partial charge in [-0.1, -0.05) is 30.3 Å². The minimum atomic E-state index is 0.732. The summed E-state index contributed by atoms with van der Waals surface area (Å²) in [4.78, 5) is 6.22. The fraction of sp³-hybridized carbons (Fsp3) is 0.208. The van der Waals surface area contributed by atoms with Gasteiger partial charge in [-0.25, -0.2) is 4.98 Å². The summed E-state index contributed by atoms with van der Waals surface area (Å²) in [6.07, 6.45) is 0. The molecule has 2 aromatic heterocycles. The van der Waals surface area contributed by atoms with E-state index in [1.807, 2.05) is 12.1 Å². The largest absolute Gasteiger partial charge is 0.493 e. The summed E-state index contributed by atoms with van der Waals surface area (Å²) in [6.45, 7) is 3.58. The van der Waals surface area contributed by atoms with Gasteiger partial charge in [0.15, 0.2) is 11.5 Å². The average Bonchev–Trinajstić information content (AvgIpc) is 3.28. The molecule has 0 bridgehead atoms. The molecule has 2 aromatic carbocycles. The molecular formula is C24H24N2O2S. The second-order valence-electron chi connectivity index (χ2n) is 6.91. The molecule has 0 amide bonds. The topological polar surface area (TPSA) is 43.4 Å². The van der Waals surface area contributed by atoms with Gasteiger partial charge in [0.2, 0.25) is 0 Å². The van der Waals surface area contributed by atoms with Gasteiger partial charge >= 0.3 is 0 Å². The Kier molecular flexibility index (Phi) is 5.79. The van der Waals surface area contributed by atoms with Gasteiger partial charge in [-0.15, -0.1) is 11.3 Å². The van der Waals surface area contributed by atoms with E-state index in [-0.39, 0.29) is 0 Å². The summed E-state index contributed by atoms with van der Waals surface area (Å²) < 4.78 is 10.7. The number of benzene rings is 2. The Hall–Kier alpha value is -2.89. The summed E-state index contributed by atoms with van der Waals surface area (Å²) in [5.74, 6) is 1.49. The van der Waals surface area contributed by atoms with Crippen LogP contribution in [0.25, 0.3) is 21.5 Å². The van der Waals surface area contributed by atoms with Crippen LogP contribution in [0.3, 0.4) is 0 Å². The number of aromatic nitrogens is 1. The molecule has 0 atom stereocenters. The molecule has 0 aliphatic carbocycles. The van der Waals surface area contributed by atoms with E-state index in [4.69, 9.17) is 14.5 Å². The Balaban J connectivity index is 1.60. The van der Waals surface area contributed by atoms with E-state index in [1.54, 1.807) is 25.6 Å². The number of methoxy groups -OCH3 is 2. The number of ether oxygens (including phenoxy) is 2. The molecule has 0 aliphatic rings. The SMILES string of the molecule is COc1ccc(CNCc2cc3cccc(C)c3nc2-c2cccs2)cc1OC. The maximum Gasteiger partial charge on any atom is 0.161 e. The predicted molar refractivity (Wildman–Crippen MR) is 120 cm³/mol. The van der Waals surface area contributed by atoms with Crippen molar-refractivity contribution in [2.24, 2.45) is 0 Å². The van der Waals surface area contributed by atoms with Gasteiger partial charge in [0.05, 0.1) is 30.3 Å². The van der Waals surface area contributed by atoms with Crippen LogP contribution in [0.5, 0.6) is 11.5 Å². The van der Waals surface area contributed by atoms with Gasteiger partial charge in [0, 0.05) is 18.5 Å². The first-order chi connectivity index (χ1) is 14.2. The number of rotatable bonds is 7. The highest BCUT2D eigenvalue weighted by atomic mass is 32.1. The molecule has 0 fully saturated rings. The number of aryl methyl sites for hydroxylation is 1. The van der Waals surface area contributed by atoms with Gasteiger partial charge in [-0.3, -0.25) is 0 Å². The van der Waals surface area contributed by atoms with Crippen molar-refractivity contribution >= 4 is 22.2 Å². The standard InChI is InChI=1S/C24H24N2O2S/c1-16-6-4-7-18-13-19(24(26-23(16)18)22-8-5-11-29-22)15-25-14-17-9-10-20(27-2)21(12-17)28-3/h4-13,25H,14-15H2,1-3H3. The Bertz CT molecular complexity index is 1120. The van der Waals surface area contributed by atoms with Crippen LogP contribution in [0.1, 0.15) is 16.7 Å². The maximum atomic E-state index is 5.41. The van der Waals surface area contributed by atoms with E-state index in [1.165, 1.54) is 21.4 Å². The zero-order valence-electron chi connectivity index (χ0n) is 16.9. The molecule has 0 saturated heterocycles. The quantitative estimate of drug-likeness (QED) is 0.437. The van der Waals surface area contributed by atoms with E-state index in [0.717, 1.165) is 41.4 Å². The average molecular weight is 405 g/mol. The number of nitrogens with one attached hydrogen (secondary N) is 1. The molecule has 0 radical (unpaired) electrons. The lowest BCUT2D eigenvalue weighted by molar-refractivity contribution is 0.354. The number of pyridine rings is 1. The summed E-state index contributed by atoms with van der Waals surface area (Å²) in [5, 5.41) is 6.83. The molecule has 2 heterocycles. The molecule has 148 valence electrons. The predicted octanol–water partition coefficient (Wildman–Crippen LogP) is 5.58. The lowest BCUT2D eigenvalue weighted by Gasteiger charge is -2.13. The number of thiophene rings is 1. The lowest BCUT2D eigenvalue weighted by atomic mass is 10.1. The number of nitrogens with zero attached hydrogens (tertiary/aromatic N) is 1. The number of hydrogen-bond acceptors (Lipinski definition) is 5. The molecule has 29 heavy (non-hydrogen) atoms. The van der Waals surface area contributed by atoms with Crippen LogP contribution in [0.4, 0.5) is 0 Å². The zero-order valence-corrected chi connectivity index (χ0v) is 17.7. The molecule has 0 unspecified atom stereocenters. The zero-order chi connectivity index (χ0) is 20.2. The smallest absolute Gasteiger partial charge is 0.161 e. The summed E-state index contributed by atoms with van der Waals surface area (Å²) in [6, 6.07) is 18.8. The van der Waals surface area contributed by atoms with Gasteiger partial charge in [-0.2, -0.15) is 0 Å². The van der Waals surface area contributed by atoms with Crippen molar-refractivity contribution < 1.29 is 9.47 Å². The Labute approximate surface area is 175 Å². The van der Waals surface area contributed by atoms with Gasteiger partial charge in [0.25, 0.3) is 0 Å². The summed E-state index contributed by atoms with van der Waals surface area (Å²) in [7, 11) is 3.31. The van der Waals surface area contributed by atoms with Crippen molar-refractivity contribution in [2.75, 3.05) is 14.2 Å². The molecule has 5 heteroatoms. The van der Waals surface area contributed by atoms with Gasteiger partial charge in [-0.05, 0) is 53.3 Å². The molecule has 4 nitrogen and oxygen atoms in total. The second-order valence-corrected chi connectivity index (χ2v) is 7.86. The second kappa shape index (κ2) is 8.64. The molecular weight excluding hydrogens is 380 g/mol. The Morgan fingerprint density at radius 3 is 2.55 bits per heavy atom. The van der Waals surface area contributed by atoms with Crippen molar-refractivity contribution in [1.29, 1.82) is 0 Å². The first kappa shape index (κ1) is 19.4. The van der Waals surface area contributed by atoms with Crippen molar-refractivity contribution in [1.82, 2.24) is 10.3 Å². The maximum absolute atomic E-state index is 5.41. The van der Waals surface area contributed by atoms with Crippen LogP contribution in [0.2, 0.25) is 0 Å². The summed E-state index contributed by atoms with van der Waals surface area (Å²) in [5.41, 5.74) is 5.67. The molecule has 0 saturated carbocycles. The molecule has 0 spiro atoms. The molecule has 4 aromatic rings. The fourth-order valence-electron chi connectivity index (χ4n) is 3.48. The first-order valence-corrected chi connectivity index (χ1v) is 10.4. The number of fused-ring (bicyclic) bond motifs is 1. The minimum Gasteiger partial charge on any atom is -0.493 e. The lowest BCUT2D eigenvalue weighted by Crippen LogP contribution is -2.14. The highest BCUT2D eigenvalue weighted by Gasteiger charge is 2.12. The van der Waals surface area contributed by atoms with Gasteiger partial charge < -0.3 is 14.8 Å². The van der Waals surface area contributed by atoms with Gasteiger partial charge in [0.1, 0.15) is 0 Å². The van der Waals surface area contributed by atoms with E-state index in [2.05, 4.69) is 60.1 Å². The van der Waals surface area contributed by atoms with Crippen LogP contribution in [0, 0.1) is 6.92 Å². The monoisotopic (exact) mass is 404 g/mol. The third-order valence-electron chi connectivity index (χ3n) is 4.97. The van der Waals surface area contributed by atoms with E-state index in [9.17, 15) is 0 Å². The van der Waals surface area contributed by atoms with Crippen LogP contribution in [0.15, 0.2) is 60.0 Å². The summed E-state index contributed by atoms with van der Waals surface area (Å²) >= 11 is 1.72.